The van der Waals surface area contributed by atoms with Crippen molar-refractivity contribution in [1.82, 2.24) is 0 Å². The van der Waals surface area contributed by atoms with Crippen molar-refractivity contribution in [2.24, 2.45) is 11.7 Å². The highest BCUT2D eigenvalue weighted by atomic mass is 32.2. The highest BCUT2D eigenvalue weighted by Crippen LogP contribution is 2.35. The minimum atomic E-state index is -1.44. The van der Waals surface area contributed by atoms with Gasteiger partial charge in [-0.05, 0) is 20.3 Å². The first-order valence-electron chi connectivity index (χ1n) is 7.93. The molecule has 0 saturated carbocycles. The number of unbranched alkanes of at least 4 members (excludes halogenated alkanes) is 1. The molecule has 1 saturated heterocycles. The van der Waals surface area contributed by atoms with Crippen LogP contribution in [0, 0.1) is 5.92 Å². The molecule has 0 aromatic carbocycles. The number of aliphatic carboxylic acids is 1. The van der Waals surface area contributed by atoms with Crippen LogP contribution in [0.5, 0.6) is 0 Å². The van der Waals surface area contributed by atoms with E-state index < -0.39 is 41.4 Å². The SMILES string of the molecule is CCCCC1C(CSC(C)(C)[C@@H](N)C(=O)O)OC(O)C(O)C1O. The van der Waals surface area contributed by atoms with Crippen LogP contribution in [0.1, 0.15) is 40.0 Å². The van der Waals surface area contributed by atoms with Gasteiger partial charge in [0.2, 0.25) is 0 Å². The molecule has 1 rings (SSSR count). The first-order valence-corrected chi connectivity index (χ1v) is 8.92. The van der Waals surface area contributed by atoms with Crippen LogP contribution < -0.4 is 5.73 Å². The summed E-state index contributed by atoms with van der Waals surface area (Å²) in [5.74, 6) is -1.01. The van der Waals surface area contributed by atoms with Crippen LogP contribution in [0.3, 0.4) is 0 Å². The van der Waals surface area contributed by atoms with E-state index in [1.807, 2.05) is 6.92 Å². The van der Waals surface area contributed by atoms with E-state index in [0.717, 1.165) is 12.8 Å². The number of ether oxygens (including phenoxy) is 1. The van der Waals surface area contributed by atoms with Crippen LogP contribution in [0.25, 0.3) is 0 Å². The fraction of sp³-hybridized carbons (Fsp3) is 0.933. The molecule has 0 aliphatic carbocycles. The smallest absolute Gasteiger partial charge is 0.321 e. The summed E-state index contributed by atoms with van der Waals surface area (Å²) in [6.45, 7) is 5.50. The predicted octanol–water partition coefficient (Wildman–Crippen LogP) is 0.156. The van der Waals surface area contributed by atoms with Gasteiger partial charge in [-0.2, -0.15) is 11.8 Å². The second-order valence-electron chi connectivity index (χ2n) is 6.58. The highest BCUT2D eigenvalue weighted by Gasteiger charge is 2.44. The summed E-state index contributed by atoms with van der Waals surface area (Å²) in [5, 5.41) is 38.8. The summed E-state index contributed by atoms with van der Waals surface area (Å²) in [6, 6.07) is -1.04. The quantitative estimate of drug-likeness (QED) is 0.417. The van der Waals surface area contributed by atoms with Gasteiger partial charge in [-0.15, -0.1) is 0 Å². The maximum atomic E-state index is 11.1. The molecule has 23 heavy (non-hydrogen) atoms. The Bertz CT molecular complexity index is 394. The Morgan fingerprint density at radius 1 is 1.30 bits per heavy atom. The van der Waals surface area contributed by atoms with Gasteiger partial charge in [0.25, 0.3) is 0 Å². The van der Waals surface area contributed by atoms with Gasteiger partial charge < -0.3 is 30.9 Å². The van der Waals surface area contributed by atoms with E-state index in [-0.39, 0.29) is 5.92 Å². The fourth-order valence-electron chi connectivity index (χ4n) is 2.65. The summed E-state index contributed by atoms with van der Waals surface area (Å²) in [5.41, 5.74) is 5.70. The molecule has 0 spiro atoms. The number of hydrogen-bond acceptors (Lipinski definition) is 7. The summed E-state index contributed by atoms with van der Waals surface area (Å²) < 4.78 is 4.73. The number of carbonyl (C=O) groups is 1. The average Bonchev–Trinajstić information content (AvgIpc) is 2.49. The zero-order valence-corrected chi connectivity index (χ0v) is 14.7. The van der Waals surface area contributed by atoms with Crippen molar-refractivity contribution in [3.8, 4) is 0 Å². The summed E-state index contributed by atoms with van der Waals surface area (Å²) >= 11 is 1.33. The number of hydrogen-bond donors (Lipinski definition) is 5. The normalized spacial score (nSPS) is 33.4. The molecule has 1 heterocycles. The van der Waals surface area contributed by atoms with Crippen LogP contribution >= 0.6 is 11.8 Å². The molecular weight excluding hydrogens is 322 g/mol. The van der Waals surface area contributed by atoms with Crippen molar-refractivity contribution < 1.29 is 30.0 Å². The Labute approximate surface area is 141 Å². The summed E-state index contributed by atoms with van der Waals surface area (Å²) in [4.78, 5) is 11.1. The van der Waals surface area contributed by atoms with Crippen molar-refractivity contribution in [2.75, 3.05) is 5.75 Å². The fourth-order valence-corrected chi connectivity index (χ4v) is 3.85. The molecular formula is C15H29NO6S. The van der Waals surface area contributed by atoms with Crippen LogP contribution in [-0.2, 0) is 9.53 Å². The average molecular weight is 351 g/mol. The van der Waals surface area contributed by atoms with Gasteiger partial charge in [-0.1, -0.05) is 19.8 Å². The second-order valence-corrected chi connectivity index (χ2v) is 8.26. The molecule has 0 amide bonds. The number of nitrogens with two attached hydrogens (primary N) is 1. The number of thioether (sulfide) groups is 1. The summed E-state index contributed by atoms with van der Waals surface area (Å²) in [6.07, 6.45) is -1.83. The number of aliphatic hydroxyl groups excluding tert-OH is 3. The number of carboxylic acids is 1. The minimum absolute atomic E-state index is 0.308. The molecule has 1 aliphatic heterocycles. The largest absolute Gasteiger partial charge is 0.480 e. The second kappa shape index (κ2) is 8.64. The van der Waals surface area contributed by atoms with E-state index in [1.165, 1.54) is 11.8 Å². The van der Waals surface area contributed by atoms with Gasteiger partial charge in [0.1, 0.15) is 12.1 Å². The van der Waals surface area contributed by atoms with Crippen LogP contribution in [0.4, 0.5) is 0 Å². The first-order chi connectivity index (χ1) is 10.6. The van der Waals surface area contributed by atoms with Gasteiger partial charge in [0.05, 0.1) is 12.2 Å². The van der Waals surface area contributed by atoms with E-state index in [4.69, 9.17) is 15.6 Å². The first kappa shape index (κ1) is 20.7. The monoisotopic (exact) mass is 351 g/mol. The molecule has 0 aromatic rings. The standard InChI is InChI=1S/C15H29NO6S/c1-4-5-6-8-9(22-14(21)11(18)10(8)17)7-23-15(2,3)12(16)13(19)20/h8-12,14,17-18,21H,4-7,16H2,1-3H3,(H,19,20)/t8?,9?,10?,11?,12-,14?/m0/s1. The molecule has 6 N–H and O–H groups in total. The van der Waals surface area contributed by atoms with Gasteiger partial charge in [-0.25, -0.2) is 0 Å². The van der Waals surface area contributed by atoms with Gasteiger partial charge in [-0.3, -0.25) is 4.79 Å². The molecule has 1 fully saturated rings. The minimum Gasteiger partial charge on any atom is -0.480 e. The molecule has 5 unspecified atom stereocenters. The lowest BCUT2D eigenvalue weighted by molar-refractivity contribution is -0.264. The Morgan fingerprint density at radius 2 is 1.91 bits per heavy atom. The van der Waals surface area contributed by atoms with Crippen LogP contribution in [-0.4, -0.2) is 67.5 Å². The van der Waals surface area contributed by atoms with Crippen LogP contribution in [0.15, 0.2) is 0 Å². The Balaban J connectivity index is 2.75. The van der Waals surface area contributed by atoms with Gasteiger partial charge >= 0.3 is 5.97 Å². The van der Waals surface area contributed by atoms with Crippen molar-refractivity contribution in [1.29, 1.82) is 0 Å². The van der Waals surface area contributed by atoms with Crippen molar-refractivity contribution in [3.05, 3.63) is 0 Å². The zero-order chi connectivity index (χ0) is 17.8. The number of rotatable bonds is 8. The molecule has 1 aliphatic rings. The lowest BCUT2D eigenvalue weighted by atomic mass is 9.85. The molecule has 7 nitrogen and oxygen atoms in total. The lowest BCUT2D eigenvalue weighted by Gasteiger charge is -2.42. The Hall–Kier alpha value is -0.380. The summed E-state index contributed by atoms with van der Waals surface area (Å²) in [7, 11) is 0. The van der Waals surface area contributed by atoms with E-state index in [0.29, 0.717) is 12.2 Å². The van der Waals surface area contributed by atoms with Gasteiger partial charge in [0, 0.05) is 16.4 Å². The lowest BCUT2D eigenvalue weighted by Crippen LogP contribution is -2.55. The predicted molar refractivity (Wildman–Crippen MR) is 88.1 cm³/mol. The number of aliphatic hydroxyl groups is 3. The van der Waals surface area contributed by atoms with E-state index in [2.05, 4.69) is 0 Å². The zero-order valence-electron chi connectivity index (χ0n) is 13.9. The Kier molecular flexibility index (Phi) is 7.76. The highest BCUT2D eigenvalue weighted by molar-refractivity contribution is 8.00. The van der Waals surface area contributed by atoms with Crippen LogP contribution in [0.2, 0.25) is 0 Å². The van der Waals surface area contributed by atoms with E-state index in [1.54, 1.807) is 13.8 Å². The third-order valence-electron chi connectivity index (χ3n) is 4.40. The maximum absolute atomic E-state index is 11.1. The van der Waals surface area contributed by atoms with Crippen molar-refractivity contribution >= 4 is 17.7 Å². The van der Waals surface area contributed by atoms with E-state index in [9.17, 15) is 20.1 Å². The molecule has 0 bridgehead atoms. The topological polar surface area (TPSA) is 133 Å². The number of carboxylic acid groups (broad SMARTS) is 1. The Morgan fingerprint density at radius 3 is 2.43 bits per heavy atom. The van der Waals surface area contributed by atoms with Crippen molar-refractivity contribution in [3.63, 3.8) is 0 Å². The third-order valence-corrected chi connectivity index (χ3v) is 5.89. The van der Waals surface area contributed by atoms with E-state index >= 15 is 0 Å². The maximum Gasteiger partial charge on any atom is 0.321 e. The molecule has 0 radical (unpaired) electrons. The molecule has 0 aromatic heterocycles. The van der Waals surface area contributed by atoms with Crippen molar-refractivity contribution in [2.45, 2.75) is 75.4 Å². The molecule has 8 heteroatoms. The molecule has 6 atom stereocenters. The molecule has 136 valence electrons. The third kappa shape index (κ3) is 5.30. The van der Waals surface area contributed by atoms with Gasteiger partial charge in [0.15, 0.2) is 6.29 Å².